The van der Waals surface area contributed by atoms with E-state index < -0.39 is 17.8 Å². The number of alkyl halides is 3. The molecule has 2 aromatic carbocycles. The highest BCUT2D eigenvalue weighted by Gasteiger charge is 2.36. The number of benzene rings is 2. The molecule has 0 atom stereocenters. The van der Waals surface area contributed by atoms with Gasteiger partial charge < -0.3 is 5.32 Å². The van der Waals surface area contributed by atoms with Gasteiger partial charge in [0.25, 0.3) is 5.91 Å². The number of hydrogen-bond acceptors (Lipinski definition) is 4. The third-order valence-electron chi connectivity index (χ3n) is 5.27. The largest absolute Gasteiger partial charge is 0.433 e. The van der Waals surface area contributed by atoms with Crippen LogP contribution in [0.5, 0.6) is 0 Å². The van der Waals surface area contributed by atoms with E-state index in [1.165, 1.54) is 13.1 Å². The van der Waals surface area contributed by atoms with Gasteiger partial charge in [0.2, 0.25) is 0 Å². The first-order chi connectivity index (χ1) is 16.2. The summed E-state index contributed by atoms with van der Waals surface area (Å²) in [6, 6.07) is 14.8. The Kier molecular flexibility index (Phi) is 5.24. The lowest BCUT2D eigenvalue weighted by Crippen LogP contribution is -2.15. The summed E-state index contributed by atoms with van der Waals surface area (Å²) >= 11 is 6.19. The van der Waals surface area contributed by atoms with E-state index in [0.29, 0.717) is 16.7 Å². The highest BCUT2D eigenvalue weighted by molar-refractivity contribution is 6.37. The molecule has 0 fully saturated rings. The lowest BCUT2D eigenvalue weighted by Gasteiger charge is -2.09. The number of rotatable bonds is 4. The maximum Gasteiger partial charge on any atom is 0.433 e. The average Bonchev–Trinajstić information content (AvgIpc) is 3.37. The molecule has 0 saturated carbocycles. The molecule has 0 spiro atoms. The summed E-state index contributed by atoms with van der Waals surface area (Å²) in [5.41, 5.74) is -0.192. The Morgan fingerprint density at radius 2 is 1.91 bits per heavy atom. The topological polar surface area (TPSA) is 77.1 Å². The van der Waals surface area contributed by atoms with Gasteiger partial charge in [-0.2, -0.15) is 23.4 Å². The molecular weight excluding hydrogens is 469 g/mol. The Morgan fingerprint density at radius 3 is 2.71 bits per heavy atom. The number of amides is 1. The standard InChI is InChI=1S/C23H16ClF3N6O/c1-13-9-18(23(25,26)27)33-21(29-13)19(24)20(31-33)22(34)30-16-10-28-32(12-16)11-15-7-4-6-14-5-2-3-8-17(14)15/h2-10,12H,11H2,1H3,(H,30,34). The zero-order valence-electron chi connectivity index (χ0n) is 17.6. The number of carbonyl (C=O) groups excluding carboxylic acids is 1. The van der Waals surface area contributed by atoms with Crippen LogP contribution in [0, 0.1) is 6.92 Å². The number of fused-ring (bicyclic) bond motifs is 2. The molecule has 0 unspecified atom stereocenters. The van der Waals surface area contributed by atoms with Crippen LogP contribution in [0.4, 0.5) is 18.9 Å². The van der Waals surface area contributed by atoms with Crippen molar-refractivity contribution < 1.29 is 18.0 Å². The molecule has 7 nitrogen and oxygen atoms in total. The first-order valence-corrected chi connectivity index (χ1v) is 10.5. The van der Waals surface area contributed by atoms with Crippen LogP contribution >= 0.6 is 11.6 Å². The highest BCUT2D eigenvalue weighted by Crippen LogP contribution is 2.32. The fraction of sp³-hybridized carbons (Fsp3) is 0.130. The van der Waals surface area contributed by atoms with Gasteiger partial charge in [-0.25, -0.2) is 9.50 Å². The number of nitrogens with one attached hydrogen (secondary N) is 1. The lowest BCUT2D eigenvalue weighted by atomic mass is 10.0. The van der Waals surface area contributed by atoms with E-state index in [1.54, 1.807) is 10.9 Å². The monoisotopic (exact) mass is 484 g/mol. The van der Waals surface area contributed by atoms with E-state index in [1.807, 2.05) is 42.5 Å². The van der Waals surface area contributed by atoms with Crippen molar-refractivity contribution in [2.45, 2.75) is 19.6 Å². The summed E-state index contributed by atoms with van der Waals surface area (Å²) in [4.78, 5) is 16.8. The van der Waals surface area contributed by atoms with Gasteiger partial charge in [-0.05, 0) is 29.3 Å². The van der Waals surface area contributed by atoms with Crippen LogP contribution in [0.2, 0.25) is 5.02 Å². The fourth-order valence-corrected chi connectivity index (χ4v) is 4.02. The Morgan fingerprint density at radius 1 is 1.15 bits per heavy atom. The summed E-state index contributed by atoms with van der Waals surface area (Å²) in [7, 11) is 0. The molecule has 5 rings (SSSR count). The van der Waals surface area contributed by atoms with Crippen LogP contribution in [0.25, 0.3) is 16.4 Å². The minimum Gasteiger partial charge on any atom is -0.318 e. The van der Waals surface area contributed by atoms with Crippen molar-refractivity contribution in [1.82, 2.24) is 24.4 Å². The van der Waals surface area contributed by atoms with Crippen LogP contribution in [0.15, 0.2) is 60.9 Å². The molecule has 1 amide bonds. The molecule has 0 aliphatic heterocycles. The van der Waals surface area contributed by atoms with Gasteiger partial charge in [0.15, 0.2) is 11.3 Å². The third kappa shape index (κ3) is 3.96. The van der Waals surface area contributed by atoms with E-state index in [-0.39, 0.29) is 22.1 Å². The molecule has 0 aliphatic rings. The van der Waals surface area contributed by atoms with Crippen LogP contribution in [-0.4, -0.2) is 30.3 Å². The first-order valence-electron chi connectivity index (χ1n) is 10.1. The zero-order chi connectivity index (χ0) is 24.0. The molecule has 3 aromatic heterocycles. The predicted molar refractivity (Wildman–Crippen MR) is 121 cm³/mol. The normalized spacial score (nSPS) is 11.9. The quantitative estimate of drug-likeness (QED) is 0.372. The van der Waals surface area contributed by atoms with Crippen LogP contribution in [0.1, 0.15) is 27.4 Å². The van der Waals surface area contributed by atoms with Crippen molar-refractivity contribution in [1.29, 1.82) is 0 Å². The highest BCUT2D eigenvalue weighted by atomic mass is 35.5. The fourth-order valence-electron chi connectivity index (χ4n) is 3.77. The van der Waals surface area contributed by atoms with Crippen LogP contribution < -0.4 is 5.32 Å². The maximum atomic E-state index is 13.4. The molecular formula is C23H16ClF3N6O. The summed E-state index contributed by atoms with van der Waals surface area (Å²) in [5.74, 6) is -0.772. The van der Waals surface area contributed by atoms with Crippen molar-refractivity contribution >= 4 is 39.6 Å². The molecule has 3 heterocycles. The third-order valence-corrected chi connectivity index (χ3v) is 5.62. The minimum atomic E-state index is -4.70. The van der Waals surface area contributed by atoms with Gasteiger partial charge in [-0.15, -0.1) is 0 Å². The second-order valence-corrected chi connectivity index (χ2v) is 8.08. The van der Waals surface area contributed by atoms with Gasteiger partial charge >= 0.3 is 6.18 Å². The zero-order valence-corrected chi connectivity index (χ0v) is 18.4. The summed E-state index contributed by atoms with van der Waals surface area (Å²) in [6.45, 7) is 1.87. The van der Waals surface area contributed by atoms with Crippen LogP contribution in [-0.2, 0) is 12.7 Å². The second kappa shape index (κ2) is 8.14. The molecule has 0 bridgehead atoms. The van der Waals surface area contributed by atoms with Crippen molar-refractivity contribution in [3.63, 3.8) is 0 Å². The van der Waals surface area contributed by atoms with Gasteiger partial charge in [0.1, 0.15) is 10.7 Å². The van der Waals surface area contributed by atoms with E-state index >= 15 is 0 Å². The number of carbonyl (C=O) groups is 1. The maximum absolute atomic E-state index is 13.4. The number of anilines is 1. The van der Waals surface area contributed by atoms with Crippen LogP contribution in [0.3, 0.4) is 0 Å². The Labute approximate surface area is 195 Å². The van der Waals surface area contributed by atoms with E-state index in [9.17, 15) is 18.0 Å². The minimum absolute atomic E-state index is 0.100. The van der Waals surface area contributed by atoms with Crippen molar-refractivity contribution in [3.05, 3.63) is 88.6 Å². The average molecular weight is 485 g/mol. The predicted octanol–water partition coefficient (Wildman–Crippen LogP) is 5.36. The van der Waals surface area contributed by atoms with E-state index in [4.69, 9.17) is 11.6 Å². The summed E-state index contributed by atoms with van der Waals surface area (Å²) in [5, 5.41) is 12.6. The molecule has 0 aliphatic carbocycles. The Balaban J connectivity index is 1.41. The molecule has 172 valence electrons. The second-order valence-electron chi connectivity index (χ2n) is 7.70. The van der Waals surface area contributed by atoms with Crippen molar-refractivity contribution in [2.75, 3.05) is 5.32 Å². The number of aromatic nitrogens is 5. The Bertz CT molecular complexity index is 1550. The Hall–Kier alpha value is -3.92. The van der Waals surface area contributed by atoms with Crippen molar-refractivity contribution in [3.8, 4) is 0 Å². The van der Waals surface area contributed by atoms with E-state index in [0.717, 1.165) is 22.4 Å². The molecule has 0 saturated heterocycles. The number of aryl methyl sites for hydroxylation is 1. The molecule has 0 radical (unpaired) electrons. The summed E-state index contributed by atoms with van der Waals surface area (Å²) < 4.78 is 42.5. The summed E-state index contributed by atoms with van der Waals surface area (Å²) in [6.07, 6.45) is -1.64. The number of nitrogens with zero attached hydrogens (tertiary/aromatic N) is 5. The molecule has 1 N–H and O–H groups in total. The van der Waals surface area contributed by atoms with Gasteiger partial charge in [0, 0.05) is 11.9 Å². The van der Waals surface area contributed by atoms with Gasteiger partial charge in [-0.1, -0.05) is 54.1 Å². The van der Waals surface area contributed by atoms with Gasteiger partial charge in [0.05, 0.1) is 18.4 Å². The number of hydrogen-bond donors (Lipinski definition) is 1. The van der Waals surface area contributed by atoms with Crippen molar-refractivity contribution in [2.24, 2.45) is 0 Å². The first kappa shape index (κ1) is 21.9. The van der Waals surface area contributed by atoms with E-state index in [2.05, 4.69) is 20.5 Å². The lowest BCUT2D eigenvalue weighted by molar-refractivity contribution is -0.142. The van der Waals surface area contributed by atoms with Gasteiger partial charge in [-0.3, -0.25) is 9.48 Å². The molecule has 11 heteroatoms. The molecule has 5 aromatic rings. The number of halogens is 4. The SMILES string of the molecule is Cc1cc(C(F)(F)F)n2nc(C(=O)Nc3cnn(Cc4cccc5ccccc45)c3)c(Cl)c2n1. The molecule has 34 heavy (non-hydrogen) atoms. The smallest absolute Gasteiger partial charge is 0.318 e.